The van der Waals surface area contributed by atoms with Gasteiger partial charge in [0.15, 0.2) is 9.84 Å². The fourth-order valence-electron chi connectivity index (χ4n) is 2.53. The van der Waals surface area contributed by atoms with Gasteiger partial charge >= 0.3 is 0 Å². The lowest BCUT2D eigenvalue weighted by atomic mass is 10.1. The van der Waals surface area contributed by atoms with Gasteiger partial charge in [-0.15, -0.1) is 0 Å². The number of sulfone groups is 1. The van der Waals surface area contributed by atoms with Crippen molar-refractivity contribution in [2.24, 2.45) is 0 Å². The molecule has 1 aromatic carbocycles. The average Bonchev–Trinajstić information content (AvgIpc) is 2.78. The van der Waals surface area contributed by atoms with E-state index in [1.807, 2.05) is 6.92 Å². The van der Waals surface area contributed by atoms with Gasteiger partial charge in [-0.25, -0.2) is 12.8 Å². The Morgan fingerprint density at radius 2 is 2.19 bits per heavy atom. The van der Waals surface area contributed by atoms with Gasteiger partial charge in [-0.2, -0.15) is 0 Å². The molecular weight excluding hydrogens is 361 g/mol. The van der Waals surface area contributed by atoms with Crippen LogP contribution in [0.2, 0.25) is 0 Å². The lowest BCUT2D eigenvalue weighted by molar-refractivity contribution is 0.0692. The average molecular weight is 378 g/mol. The SMILES string of the molecule is CCCN(C(=O)c1cc(Br)ccc1F)C1CCS(=O)(=O)C1. The molecule has 0 aliphatic carbocycles. The van der Waals surface area contributed by atoms with Crippen molar-refractivity contribution >= 4 is 31.7 Å². The molecule has 1 aromatic rings. The molecule has 1 heterocycles. The molecule has 21 heavy (non-hydrogen) atoms. The molecule has 1 fully saturated rings. The fourth-order valence-corrected chi connectivity index (χ4v) is 4.62. The highest BCUT2D eigenvalue weighted by molar-refractivity contribution is 9.10. The summed E-state index contributed by atoms with van der Waals surface area (Å²) in [4.78, 5) is 14.1. The van der Waals surface area contributed by atoms with Gasteiger partial charge in [-0.05, 0) is 31.0 Å². The summed E-state index contributed by atoms with van der Waals surface area (Å²) >= 11 is 3.22. The van der Waals surface area contributed by atoms with E-state index in [0.717, 1.165) is 0 Å². The minimum Gasteiger partial charge on any atom is -0.335 e. The topological polar surface area (TPSA) is 54.5 Å². The van der Waals surface area contributed by atoms with Crippen LogP contribution in [0.25, 0.3) is 0 Å². The van der Waals surface area contributed by atoms with Gasteiger partial charge in [0.2, 0.25) is 0 Å². The molecule has 0 bridgehead atoms. The zero-order valence-corrected chi connectivity index (χ0v) is 14.1. The molecule has 1 atom stereocenters. The number of nitrogens with zero attached hydrogens (tertiary/aromatic N) is 1. The molecule has 1 aliphatic heterocycles. The van der Waals surface area contributed by atoms with E-state index < -0.39 is 21.6 Å². The molecule has 0 N–H and O–H groups in total. The molecular formula is C14H17BrFNO3S. The van der Waals surface area contributed by atoms with E-state index in [2.05, 4.69) is 15.9 Å². The van der Waals surface area contributed by atoms with Gasteiger partial charge in [-0.3, -0.25) is 4.79 Å². The Balaban J connectivity index is 2.30. The summed E-state index contributed by atoms with van der Waals surface area (Å²) in [7, 11) is -3.09. The highest BCUT2D eigenvalue weighted by Crippen LogP contribution is 2.23. The summed E-state index contributed by atoms with van der Waals surface area (Å²) in [6.07, 6.45) is 1.11. The lowest BCUT2D eigenvalue weighted by Gasteiger charge is -2.28. The molecule has 1 unspecified atom stereocenters. The number of amides is 1. The van der Waals surface area contributed by atoms with E-state index in [4.69, 9.17) is 0 Å². The number of hydrogen-bond donors (Lipinski definition) is 0. The van der Waals surface area contributed by atoms with Crippen molar-refractivity contribution in [1.82, 2.24) is 4.90 Å². The van der Waals surface area contributed by atoms with E-state index in [1.54, 1.807) is 0 Å². The van der Waals surface area contributed by atoms with E-state index in [1.165, 1.54) is 23.1 Å². The molecule has 2 rings (SSSR count). The highest BCUT2D eigenvalue weighted by atomic mass is 79.9. The van der Waals surface area contributed by atoms with Crippen LogP contribution in [0.15, 0.2) is 22.7 Å². The number of benzene rings is 1. The van der Waals surface area contributed by atoms with Gasteiger partial charge in [0.1, 0.15) is 5.82 Å². The zero-order chi connectivity index (χ0) is 15.6. The van der Waals surface area contributed by atoms with E-state index in [0.29, 0.717) is 23.9 Å². The molecule has 0 spiro atoms. The molecule has 0 radical (unpaired) electrons. The molecule has 116 valence electrons. The van der Waals surface area contributed by atoms with Crippen LogP contribution in [0, 0.1) is 5.82 Å². The Kier molecular flexibility index (Phi) is 5.03. The Morgan fingerprint density at radius 3 is 2.76 bits per heavy atom. The molecule has 4 nitrogen and oxygen atoms in total. The largest absolute Gasteiger partial charge is 0.335 e. The van der Waals surface area contributed by atoms with Crippen LogP contribution in [0.4, 0.5) is 4.39 Å². The third-order valence-corrected chi connectivity index (χ3v) is 5.78. The Morgan fingerprint density at radius 1 is 1.48 bits per heavy atom. The number of carbonyl (C=O) groups excluding carboxylic acids is 1. The van der Waals surface area contributed by atoms with Crippen molar-refractivity contribution in [1.29, 1.82) is 0 Å². The molecule has 0 saturated carbocycles. The van der Waals surface area contributed by atoms with Crippen LogP contribution in [0.1, 0.15) is 30.1 Å². The van der Waals surface area contributed by atoms with Gasteiger partial charge in [0, 0.05) is 17.1 Å². The molecule has 1 aliphatic rings. The predicted molar refractivity (Wildman–Crippen MR) is 82.5 cm³/mol. The first-order valence-corrected chi connectivity index (χ1v) is 9.42. The Labute approximate surface area is 132 Å². The number of halogens is 2. The maximum atomic E-state index is 13.9. The van der Waals surface area contributed by atoms with Crippen molar-refractivity contribution in [2.45, 2.75) is 25.8 Å². The Bertz CT molecular complexity index is 648. The minimum atomic E-state index is -3.09. The second kappa shape index (κ2) is 6.44. The van der Waals surface area contributed by atoms with E-state index in [-0.39, 0.29) is 23.1 Å². The number of rotatable bonds is 4. The molecule has 1 saturated heterocycles. The van der Waals surface area contributed by atoms with Gasteiger partial charge in [-0.1, -0.05) is 22.9 Å². The third kappa shape index (κ3) is 3.83. The summed E-state index contributed by atoms with van der Waals surface area (Å²) in [5.41, 5.74) is -0.0258. The summed E-state index contributed by atoms with van der Waals surface area (Å²) < 4.78 is 37.7. The monoisotopic (exact) mass is 377 g/mol. The second-order valence-corrected chi connectivity index (χ2v) is 8.32. The lowest BCUT2D eigenvalue weighted by Crippen LogP contribution is -2.42. The maximum absolute atomic E-state index is 13.9. The van der Waals surface area contributed by atoms with Crippen molar-refractivity contribution in [3.8, 4) is 0 Å². The zero-order valence-electron chi connectivity index (χ0n) is 11.7. The smallest absolute Gasteiger partial charge is 0.257 e. The molecule has 0 aromatic heterocycles. The predicted octanol–water partition coefficient (Wildman–Crippen LogP) is 2.63. The van der Waals surface area contributed by atoms with Crippen molar-refractivity contribution in [3.05, 3.63) is 34.1 Å². The van der Waals surface area contributed by atoms with Gasteiger partial charge in [0.05, 0.1) is 17.1 Å². The highest BCUT2D eigenvalue weighted by Gasteiger charge is 2.35. The van der Waals surface area contributed by atoms with Crippen LogP contribution in [-0.2, 0) is 9.84 Å². The normalized spacial score (nSPS) is 20.4. The van der Waals surface area contributed by atoms with Crippen LogP contribution in [0.5, 0.6) is 0 Å². The van der Waals surface area contributed by atoms with Gasteiger partial charge in [0.25, 0.3) is 5.91 Å². The first kappa shape index (κ1) is 16.4. The standard InChI is InChI=1S/C14H17BrFNO3S/c1-2-6-17(11-5-7-21(19,20)9-11)14(18)12-8-10(15)3-4-13(12)16/h3-4,8,11H,2,5-7,9H2,1H3. The summed E-state index contributed by atoms with van der Waals surface area (Å²) in [5, 5.41) is 0. The van der Waals surface area contributed by atoms with Crippen molar-refractivity contribution in [3.63, 3.8) is 0 Å². The molecule has 7 heteroatoms. The summed E-state index contributed by atoms with van der Waals surface area (Å²) in [6.45, 7) is 2.33. The van der Waals surface area contributed by atoms with E-state index in [9.17, 15) is 17.6 Å². The van der Waals surface area contributed by atoms with Crippen molar-refractivity contribution in [2.75, 3.05) is 18.1 Å². The molecule has 1 amide bonds. The Hall–Kier alpha value is -0.950. The van der Waals surface area contributed by atoms with Crippen LogP contribution in [-0.4, -0.2) is 43.3 Å². The second-order valence-electron chi connectivity index (χ2n) is 5.18. The summed E-state index contributed by atoms with van der Waals surface area (Å²) in [5.74, 6) is -0.983. The number of carbonyl (C=O) groups is 1. The van der Waals surface area contributed by atoms with Crippen molar-refractivity contribution < 1.29 is 17.6 Å². The first-order valence-electron chi connectivity index (χ1n) is 6.80. The van der Waals surface area contributed by atoms with Crippen LogP contribution >= 0.6 is 15.9 Å². The number of hydrogen-bond acceptors (Lipinski definition) is 3. The maximum Gasteiger partial charge on any atom is 0.257 e. The fraction of sp³-hybridized carbons (Fsp3) is 0.500. The first-order chi connectivity index (χ1) is 9.84. The van der Waals surface area contributed by atoms with Crippen LogP contribution < -0.4 is 0 Å². The van der Waals surface area contributed by atoms with Crippen LogP contribution in [0.3, 0.4) is 0 Å². The quantitative estimate of drug-likeness (QED) is 0.810. The summed E-state index contributed by atoms with van der Waals surface area (Å²) in [6, 6.07) is 3.83. The minimum absolute atomic E-state index is 0.0258. The third-order valence-electron chi connectivity index (χ3n) is 3.53. The van der Waals surface area contributed by atoms with E-state index >= 15 is 0 Å². The van der Waals surface area contributed by atoms with Gasteiger partial charge < -0.3 is 4.90 Å².